The average Bonchev–Trinajstić information content (AvgIpc) is 2.43. The Morgan fingerprint density at radius 2 is 1.81 bits per heavy atom. The SMILES string of the molecule is COc1c(S(=O)(=O)Nc2ccccc2F)ccc(Cl)c1Cl. The zero-order valence-corrected chi connectivity index (χ0v) is 13.1. The van der Waals surface area contributed by atoms with Gasteiger partial charge in [-0.2, -0.15) is 0 Å². The second-order valence-electron chi connectivity index (χ2n) is 3.98. The number of anilines is 1. The predicted molar refractivity (Wildman–Crippen MR) is 80.2 cm³/mol. The van der Waals surface area contributed by atoms with Crippen LogP contribution in [0.3, 0.4) is 0 Å². The summed E-state index contributed by atoms with van der Waals surface area (Å²) in [6.07, 6.45) is 0. The van der Waals surface area contributed by atoms with Gasteiger partial charge >= 0.3 is 0 Å². The number of nitrogens with one attached hydrogen (secondary N) is 1. The molecular formula is C13H10Cl2FNO3S. The van der Waals surface area contributed by atoms with Crippen molar-refractivity contribution < 1.29 is 17.5 Å². The molecule has 0 aliphatic rings. The predicted octanol–water partition coefficient (Wildman–Crippen LogP) is 3.94. The summed E-state index contributed by atoms with van der Waals surface area (Å²) < 4.78 is 45.4. The van der Waals surface area contributed by atoms with E-state index >= 15 is 0 Å². The number of ether oxygens (including phenoxy) is 1. The second-order valence-corrected chi connectivity index (χ2v) is 6.41. The molecule has 0 aliphatic carbocycles. The van der Waals surface area contributed by atoms with Gasteiger partial charge in [0, 0.05) is 0 Å². The quantitative estimate of drug-likeness (QED) is 0.909. The van der Waals surface area contributed by atoms with Crippen LogP contribution in [0.15, 0.2) is 41.3 Å². The summed E-state index contributed by atoms with van der Waals surface area (Å²) in [4.78, 5) is -0.234. The Morgan fingerprint density at radius 1 is 1.14 bits per heavy atom. The lowest BCUT2D eigenvalue weighted by Crippen LogP contribution is -2.15. The summed E-state index contributed by atoms with van der Waals surface area (Å²) in [5, 5.41) is 0.119. The van der Waals surface area contributed by atoms with Crippen LogP contribution in [0.4, 0.5) is 10.1 Å². The van der Waals surface area contributed by atoms with Crippen LogP contribution in [-0.2, 0) is 10.0 Å². The molecule has 2 rings (SSSR count). The molecule has 0 atom stereocenters. The molecular weight excluding hydrogens is 340 g/mol. The van der Waals surface area contributed by atoms with Crippen molar-refractivity contribution in [2.45, 2.75) is 4.90 Å². The van der Waals surface area contributed by atoms with Crippen LogP contribution in [0.1, 0.15) is 0 Å². The molecule has 0 fully saturated rings. The Kier molecular flexibility index (Phi) is 4.61. The first-order chi connectivity index (χ1) is 9.86. The Labute approximate surface area is 131 Å². The third-order valence-electron chi connectivity index (χ3n) is 2.63. The van der Waals surface area contributed by atoms with Crippen LogP contribution in [0, 0.1) is 5.82 Å². The molecule has 0 saturated heterocycles. The molecule has 0 bridgehead atoms. The minimum atomic E-state index is -4.08. The lowest BCUT2D eigenvalue weighted by molar-refractivity contribution is 0.403. The number of hydrogen-bond donors (Lipinski definition) is 1. The lowest BCUT2D eigenvalue weighted by atomic mass is 10.3. The van der Waals surface area contributed by atoms with Gasteiger partial charge in [0.05, 0.1) is 17.8 Å². The van der Waals surface area contributed by atoms with E-state index in [1.54, 1.807) is 0 Å². The van der Waals surface area contributed by atoms with E-state index in [0.29, 0.717) is 0 Å². The van der Waals surface area contributed by atoms with Gasteiger partial charge in [0.25, 0.3) is 10.0 Å². The number of hydrogen-bond acceptors (Lipinski definition) is 3. The van der Waals surface area contributed by atoms with Crippen molar-refractivity contribution in [3.63, 3.8) is 0 Å². The summed E-state index contributed by atoms with van der Waals surface area (Å²) in [7, 11) is -2.81. The highest BCUT2D eigenvalue weighted by Gasteiger charge is 2.24. The first kappa shape index (κ1) is 15.9. The molecule has 4 nitrogen and oxygen atoms in total. The lowest BCUT2D eigenvalue weighted by Gasteiger charge is -2.13. The number of halogens is 3. The Hall–Kier alpha value is -1.50. The molecule has 0 aromatic heterocycles. The number of methoxy groups -OCH3 is 1. The highest BCUT2D eigenvalue weighted by atomic mass is 35.5. The normalized spacial score (nSPS) is 11.2. The van der Waals surface area contributed by atoms with Crippen molar-refractivity contribution in [2.24, 2.45) is 0 Å². The highest BCUT2D eigenvalue weighted by molar-refractivity contribution is 7.92. The molecule has 0 spiro atoms. The molecule has 0 unspecified atom stereocenters. The van der Waals surface area contributed by atoms with Crippen LogP contribution in [-0.4, -0.2) is 15.5 Å². The fraction of sp³-hybridized carbons (Fsp3) is 0.0769. The standard InChI is InChI=1S/C13H10Cl2FNO3S/c1-20-13-11(7-6-8(14)12(13)15)21(18,19)17-10-5-3-2-4-9(10)16/h2-7,17H,1H3. The smallest absolute Gasteiger partial charge is 0.265 e. The van der Waals surface area contributed by atoms with Crippen molar-refractivity contribution in [3.05, 3.63) is 52.3 Å². The van der Waals surface area contributed by atoms with Crippen LogP contribution in [0.25, 0.3) is 0 Å². The zero-order chi connectivity index (χ0) is 15.6. The Bertz CT molecular complexity index is 781. The largest absolute Gasteiger partial charge is 0.494 e. The van der Waals surface area contributed by atoms with Crippen LogP contribution in [0.2, 0.25) is 10.0 Å². The van der Waals surface area contributed by atoms with E-state index in [-0.39, 0.29) is 26.4 Å². The van der Waals surface area contributed by atoms with Gasteiger partial charge in [0.2, 0.25) is 0 Å². The van der Waals surface area contributed by atoms with Gasteiger partial charge in [0.15, 0.2) is 5.75 Å². The molecule has 0 amide bonds. The van der Waals surface area contributed by atoms with Crippen molar-refractivity contribution >= 4 is 38.9 Å². The van der Waals surface area contributed by atoms with E-state index in [4.69, 9.17) is 27.9 Å². The molecule has 112 valence electrons. The molecule has 0 saturated carbocycles. The molecule has 2 aromatic carbocycles. The van der Waals surface area contributed by atoms with Crippen molar-refractivity contribution in [1.29, 1.82) is 0 Å². The van der Waals surface area contributed by atoms with Gasteiger partial charge in [-0.25, -0.2) is 12.8 Å². The van der Waals surface area contributed by atoms with Gasteiger partial charge in [-0.1, -0.05) is 35.3 Å². The van der Waals surface area contributed by atoms with Crippen molar-refractivity contribution in [3.8, 4) is 5.75 Å². The number of sulfonamides is 1. The monoisotopic (exact) mass is 349 g/mol. The molecule has 2 aromatic rings. The highest BCUT2D eigenvalue weighted by Crippen LogP contribution is 2.38. The molecule has 0 heterocycles. The van der Waals surface area contributed by atoms with Crippen LogP contribution < -0.4 is 9.46 Å². The van der Waals surface area contributed by atoms with E-state index in [1.165, 1.54) is 37.4 Å². The summed E-state index contributed by atoms with van der Waals surface area (Å²) in [6, 6.07) is 7.96. The molecule has 21 heavy (non-hydrogen) atoms. The van der Waals surface area contributed by atoms with E-state index in [1.807, 2.05) is 0 Å². The minimum absolute atomic E-state index is 0.0319. The maximum absolute atomic E-state index is 13.6. The minimum Gasteiger partial charge on any atom is -0.494 e. The van der Waals surface area contributed by atoms with Crippen LogP contribution in [0.5, 0.6) is 5.75 Å². The Balaban J connectivity index is 2.51. The van der Waals surface area contributed by atoms with Gasteiger partial charge in [0.1, 0.15) is 15.7 Å². The third kappa shape index (κ3) is 3.23. The van der Waals surface area contributed by atoms with Gasteiger partial charge < -0.3 is 4.74 Å². The zero-order valence-electron chi connectivity index (χ0n) is 10.7. The first-order valence-electron chi connectivity index (χ1n) is 5.66. The summed E-state index contributed by atoms with van der Waals surface area (Å²) in [5.41, 5.74) is -0.175. The fourth-order valence-electron chi connectivity index (χ4n) is 1.66. The summed E-state index contributed by atoms with van der Waals surface area (Å²) in [6.45, 7) is 0. The van der Waals surface area contributed by atoms with E-state index in [2.05, 4.69) is 4.72 Å². The topological polar surface area (TPSA) is 55.4 Å². The van der Waals surface area contributed by atoms with E-state index in [9.17, 15) is 12.8 Å². The van der Waals surface area contributed by atoms with E-state index in [0.717, 1.165) is 6.07 Å². The maximum Gasteiger partial charge on any atom is 0.265 e. The van der Waals surface area contributed by atoms with Gasteiger partial charge in [-0.05, 0) is 24.3 Å². The van der Waals surface area contributed by atoms with Gasteiger partial charge in [-0.3, -0.25) is 4.72 Å². The first-order valence-corrected chi connectivity index (χ1v) is 7.90. The number of para-hydroxylation sites is 1. The van der Waals surface area contributed by atoms with E-state index < -0.39 is 15.8 Å². The van der Waals surface area contributed by atoms with Crippen molar-refractivity contribution in [1.82, 2.24) is 0 Å². The van der Waals surface area contributed by atoms with Gasteiger partial charge in [-0.15, -0.1) is 0 Å². The molecule has 0 aliphatic heterocycles. The summed E-state index contributed by atoms with van der Waals surface area (Å²) in [5.74, 6) is -0.798. The second kappa shape index (κ2) is 6.09. The molecule has 1 N–H and O–H groups in total. The number of benzene rings is 2. The number of rotatable bonds is 4. The molecule has 8 heteroatoms. The Morgan fingerprint density at radius 3 is 2.43 bits per heavy atom. The fourth-order valence-corrected chi connectivity index (χ4v) is 3.35. The summed E-state index contributed by atoms with van der Waals surface area (Å²) >= 11 is 11.7. The third-order valence-corrected chi connectivity index (χ3v) is 4.80. The van der Waals surface area contributed by atoms with Crippen molar-refractivity contribution in [2.75, 3.05) is 11.8 Å². The molecule has 0 radical (unpaired) electrons. The van der Waals surface area contributed by atoms with Crippen LogP contribution >= 0.6 is 23.2 Å². The maximum atomic E-state index is 13.6. The average molecular weight is 350 g/mol.